The largest absolute Gasteiger partial charge is 0.425 e. The lowest BCUT2D eigenvalue weighted by Gasteiger charge is -2.07. The van der Waals surface area contributed by atoms with Crippen LogP contribution in [0.2, 0.25) is 0 Å². The SMILES string of the molecule is NCC(O)C(=O)Oc1ccccc1. The molecular weight excluding hydrogens is 170 g/mol. The zero-order chi connectivity index (χ0) is 9.68. The van der Waals surface area contributed by atoms with Crippen LogP contribution in [0.15, 0.2) is 30.3 Å². The number of carbonyl (C=O) groups excluding carboxylic acids is 1. The Hall–Kier alpha value is -1.39. The first-order valence-electron chi connectivity index (χ1n) is 3.89. The zero-order valence-corrected chi connectivity index (χ0v) is 7.01. The summed E-state index contributed by atoms with van der Waals surface area (Å²) in [5.74, 6) is -0.325. The summed E-state index contributed by atoms with van der Waals surface area (Å²) < 4.78 is 4.80. The van der Waals surface area contributed by atoms with Crippen molar-refractivity contribution in [2.75, 3.05) is 6.54 Å². The molecule has 0 saturated heterocycles. The van der Waals surface area contributed by atoms with Crippen LogP contribution in [0.4, 0.5) is 0 Å². The van der Waals surface area contributed by atoms with Crippen LogP contribution < -0.4 is 10.5 Å². The molecule has 0 bridgehead atoms. The van der Waals surface area contributed by atoms with Crippen LogP contribution >= 0.6 is 0 Å². The highest BCUT2D eigenvalue weighted by Crippen LogP contribution is 2.08. The smallest absolute Gasteiger partial charge is 0.341 e. The lowest BCUT2D eigenvalue weighted by atomic mass is 10.3. The van der Waals surface area contributed by atoms with Gasteiger partial charge in [-0.3, -0.25) is 0 Å². The number of carbonyl (C=O) groups is 1. The van der Waals surface area contributed by atoms with Gasteiger partial charge in [0.1, 0.15) is 5.75 Å². The monoisotopic (exact) mass is 181 g/mol. The molecule has 1 aromatic rings. The molecule has 1 unspecified atom stereocenters. The number of rotatable bonds is 3. The quantitative estimate of drug-likeness (QED) is 0.505. The van der Waals surface area contributed by atoms with Crippen LogP contribution in [0, 0.1) is 0 Å². The van der Waals surface area contributed by atoms with Crippen molar-refractivity contribution < 1.29 is 14.6 Å². The Morgan fingerprint density at radius 3 is 2.62 bits per heavy atom. The molecule has 0 radical (unpaired) electrons. The van der Waals surface area contributed by atoms with Gasteiger partial charge in [0.25, 0.3) is 0 Å². The summed E-state index contributed by atoms with van der Waals surface area (Å²) in [6, 6.07) is 8.52. The third-order valence-corrected chi connectivity index (χ3v) is 1.46. The average molecular weight is 181 g/mol. The van der Waals surface area contributed by atoms with Gasteiger partial charge in [-0.15, -0.1) is 0 Å². The standard InChI is InChI=1S/C9H11NO3/c10-6-8(11)9(12)13-7-4-2-1-3-5-7/h1-5,8,11H,6,10H2. The van der Waals surface area contributed by atoms with Gasteiger partial charge in [0.15, 0.2) is 6.10 Å². The second kappa shape index (κ2) is 4.59. The van der Waals surface area contributed by atoms with E-state index in [4.69, 9.17) is 15.6 Å². The molecule has 3 N–H and O–H groups in total. The number of para-hydroxylation sites is 1. The first-order chi connectivity index (χ1) is 6.24. The molecule has 0 amide bonds. The van der Waals surface area contributed by atoms with Gasteiger partial charge in [0.05, 0.1) is 0 Å². The van der Waals surface area contributed by atoms with Gasteiger partial charge in [-0.25, -0.2) is 4.79 Å². The molecule has 0 aliphatic heterocycles. The van der Waals surface area contributed by atoms with Crippen LogP contribution in [0.1, 0.15) is 0 Å². The number of nitrogens with two attached hydrogens (primary N) is 1. The van der Waals surface area contributed by atoms with Crippen molar-refractivity contribution in [3.8, 4) is 5.75 Å². The second-order valence-corrected chi connectivity index (χ2v) is 2.49. The van der Waals surface area contributed by atoms with Crippen molar-refractivity contribution in [2.45, 2.75) is 6.10 Å². The van der Waals surface area contributed by atoms with E-state index in [-0.39, 0.29) is 6.54 Å². The summed E-state index contributed by atoms with van der Waals surface area (Å²) in [4.78, 5) is 11.0. The maximum atomic E-state index is 11.0. The fraction of sp³-hybridized carbons (Fsp3) is 0.222. The molecule has 4 heteroatoms. The number of aliphatic hydroxyl groups excluding tert-OH is 1. The van der Waals surface area contributed by atoms with Gasteiger partial charge in [-0.2, -0.15) is 0 Å². The summed E-state index contributed by atoms with van der Waals surface area (Å²) in [6.45, 7) is -0.133. The van der Waals surface area contributed by atoms with Crippen molar-refractivity contribution in [3.63, 3.8) is 0 Å². The fourth-order valence-corrected chi connectivity index (χ4v) is 0.769. The molecule has 0 fully saturated rings. The van der Waals surface area contributed by atoms with Crippen molar-refractivity contribution >= 4 is 5.97 Å². The highest BCUT2D eigenvalue weighted by molar-refractivity contribution is 5.77. The number of ether oxygens (including phenoxy) is 1. The number of esters is 1. The third-order valence-electron chi connectivity index (χ3n) is 1.46. The highest BCUT2D eigenvalue weighted by Gasteiger charge is 2.14. The minimum atomic E-state index is -1.25. The highest BCUT2D eigenvalue weighted by atomic mass is 16.5. The lowest BCUT2D eigenvalue weighted by molar-refractivity contribution is -0.143. The van der Waals surface area contributed by atoms with E-state index < -0.39 is 12.1 Å². The summed E-state index contributed by atoms with van der Waals surface area (Å²) in [7, 11) is 0. The molecule has 0 spiro atoms. The second-order valence-electron chi connectivity index (χ2n) is 2.49. The minimum absolute atomic E-state index is 0.133. The molecule has 1 atom stereocenters. The number of aliphatic hydroxyl groups is 1. The van der Waals surface area contributed by atoms with E-state index in [1.54, 1.807) is 30.3 Å². The first-order valence-corrected chi connectivity index (χ1v) is 3.89. The maximum Gasteiger partial charge on any atom is 0.341 e. The molecule has 0 aliphatic rings. The van der Waals surface area contributed by atoms with Crippen LogP contribution in [0.5, 0.6) is 5.75 Å². The van der Waals surface area contributed by atoms with Crippen LogP contribution in [-0.4, -0.2) is 23.7 Å². The molecule has 0 heterocycles. The lowest BCUT2D eigenvalue weighted by Crippen LogP contribution is -2.32. The van der Waals surface area contributed by atoms with E-state index in [0.29, 0.717) is 5.75 Å². The number of benzene rings is 1. The van der Waals surface area contributed by atoms with E-state index in [9.17, 15) is 4.79 Å². The van der Waals surface area contributed by atoms with Crippen LogP contribution in [-0.2, 0) is 4.79 Å². The summed E-state index contributed by atoms with van der Waals surface area (Å²) >= 11 is 0. The number of hydrogen-bond donors (Lipinski definition) is 2. The first kappa shape index (κ1) is 9.70. The van der Waals surface area contributed by atoms with Crippen molar-refractivity contribution in [1.29, 1.82) is 0 Å². The molecule has 70 valence electrons. The third kappa shape index (κ3) is 2.85. The average Bonchev–Trinajstić information content (AvgIpc) is 2.18. The molecule has 1 rings (SSSR count). The van der Waals surface area contributed by atoms with Gasteiger partial charge in [-0.05, 0) is 12.1 Å². The van der Waals surface area contributed by atoms with Crippen LogP contribution in [0.3, 0.4) is 0 Å². The van der Waals surface area contributed by atoms with Crippen molar-refractivity contribution in [3.05, 3.63) is 30.3 Å². The predicted octanol–water partition coefficient (Wildman–Crippen LogP) is -0.0884. The topological polar surface area (TPSA) is 72.5 Å². The van der Waals surface area contributed by atoms with Gasteiger partial charge < -0.3 is 15.6 Å². The van der Waals surface area contributed by atoms with E-state index in [1.165, 1.54) is 0 Å². The maximum absolute atomic E-state index is 11.0. The Kier molecular flexibility index (Phi) is 3.42. The summed E-state index contributed by atoms with van der Waals surface area (Å²) in [6.07, 6.45) is -1.25. The Labute approximate surface area is 75.9 Å². The summed E-state index contributed by atoms with van der Waals surface area (Å²) in [5.41, 5.74) is 5.08. The molecule has 1 aromatic carbocycles. The van der Waals surface area contributed by atoms with Gasteiger partial charge >= 0.3 is 5.97 Å². The fourth-order valence-electron chi connectivity index (χ4n) is 0.769. The van der Waals surface area contributed by atoms with E-state index in [2.05, 4.69) is 0 Å². The zero-order valence-electron chi connectivity index (χ0n) is 7.01. The predicted molar refractivity (Wildman–Crippen MR) is 47.1 cm³/mol. The van der Waals surface area contributed by atoms with Crippen LogP contribution in [0.25, 0.3) is 0 Å². The molecule has 4 nitrogen and oxygen atoms in total. The van der Waals surface area contributed by atoms with Gasteiger partial charge in [-0.1, -0.05) is 18.2 Å². The van der Waals surface area contributed by atoms with Gasteiger partial charge in [0.2, 0.25) is 0 Å². The van der Waals surface area contributed by atoms with E-state index in [1.807, 2.05) is 0 Å². The Bertz CT molecular complexity index is 273. The molecular formula is C9H11NO3. The Morgan fingerprint density at radius 1 is 1.46 bits per heavy atom. The molecule has 13 heavy (non-hydrogen) atoms. The molecule has 0 aliphatic carbocycles. The van der Waals surface area contributed by atoms with E-state index in [0.717, 1.165) is 0 Å². The van der Waals surface area contributed by atoms with Crippen molar-refractivity contribution in [2.24, 2.45) is 5.73 Å². The van der Waals surface area contributed by atoms with Gasteiger partial charge in [0, 0.05) is 6.54 Å². The minimum Gasteiger partial charge on any atom is -0.425 e. The Balaban J connectivity index is 2.55. The molecule has 0 saturated carbocycles. The van der Waals surface area contributed by atoms with E-state index >= 15 is 0 Å². The Morgan fingerprint density at radius 2 is 2.08 bits per heavy atom. The number of hydrogen-bond acceptors (Lipinski definition) is 4. The summed E-state index contributed by atoms with van der Waals surface area (Å²) in [5, 5.41) is 8.99. The normalized spacial score (nSPS) is 12.2. The molecule has 0 aromatic heterocycles. The van der Waals surface area contributed by atoms with Crippen molar-refractivity contribution in [1.82, 2.24) is 0 Å².